The summed E-state index contributed by atoms with van der Waals surface area (Å²) in [5.74, 6) is 0.0336. The molecule has 1 aliphatic heterocycles. The van der Waals surface area contributed by atoms with Crippen molar-refractivity contribution in [1.29, 1.82) is 0 Å². The number of rotatable bonds is 4. The molecule has 1 aliphatic rings. The van der Waals surface area contributed by atoms with E-state index < -0.39 is 5.54 Å². The lowest BCUT2D eigenvalue weighted by Crippen LogP contribution is -2.54. The smallest absolute Gasteiger partial charge is 0.253 e. The second kappa shape index (κ2) is 7.79. The predicted molar refractivity (Wildman–Crippen MR) is 95.8 cm³/mol. The molecule has 2 N–H and O–H groups in total. The van der Waals surface area contributed by atoms with Gasteiger partial charge in [-0.05, 0) is 38.8 Å². The Morgan fingerprint density at radius 1 is 1.17 bits per heavy atom. The largest absolute Gasteiger partial charge is 0.339 e. The lowest BCUT2D eigenvalue weighted by atomic mass is 9.95. The first kappa shape index (κ1) is 18.5. The minimum atomic E-state index is -0.815. The second-order valence-electron chi connectivity index (χ2n) is 6.97. The maximum absolute atomic E-state index is 12.7. The van der Waals surface area contributed by atoms with Crippen molar-refractivity contribution in [3.8, 4) is 0 Å². The molecule has 1 unspecified atom stereocenters. The standard InChI is InChI=1S/C19H29N3O2/c1-4-9-19(3,20)18(24)22-11-6-10-21(12-13-22)17(23)16-8-5-7-15(2)14-16/h5,7-8,14H,4,6,9-13,20H2,1-3H3. The summed E-state index contributed by atoms with van der Waals surface area (Å²) >= 11 is 0. The van der Waals surface area contributed by atoms with Gasteiger partial charge < -0.3 is 15.5 Å². The van der Waals surface area contributed by atoms with Gasteiger partial charge in [0.15, 0.2) is 0 Å². The first-order chi connectivity index (χ1) is 11.3. The van der Waals surface area contributed by atoms with E-state index >= 15 is 0 Å². The molecule has 1 aromatic carbocycles. The number of hydrogen-bond acceptors (Lipinski definition) is 3. The van der Waals surface area contributed by atoms with Gasteiger partial charge in [-0.2, -0.15) is 0 Å². The normalized spacial score (nSPS) is 18.0. The van der Waals surface area contributed by atoms with Crippen molar-refractivity contribution in [2.45, 2.75) is 45.6 Å². The molecule has 1 atom stereocenters. The van der Waals surface area contributed by atoms with E-state index in [1.165, 1.54) is 0 Å². The minimum Gasteiger partial charge on any atom is -0.339 e. The van der Waals surface area contributed by atoms with Crippen LogP contribution in [-0.4, -0.2) is 53.3 Å². The topological polar surface area (TPSA) is 66.6 Å². The Hall–Kier alpha value is -1.88. The Labute approximate surface area is 144 Å². The zero-order valence-corrected chi connectivity index (χ0v) is 15.0. The summed E-state index contributed by atoms with van der Waals surface area (Å²) in [6, 6.07) is 7.64. The van der Waals surface area contributed by atoms with Gasteiger partial charge in [-0.25, -0.2) is 0 Å². The fraction of sp³-hybridized carbons (Fsp3) is 0.579. The van der Waals surface area contributed by atoms with Gasteiger partial charge in [-0.3, -0.25) is 9.59 Å². The van der Waals surface area contributed by atoms with E-state index in [1.807, 2.05) is 47.9 Å². The van der Waals surface area contributed by atoms with Gasteiger partial charge in [0.1, 0.15) is 0 Å². The molecule has 1 fully saturated rings. The number of nitrogens with two attached hydrogens (primary N) is 1. The second-order valence-corrected chi connectivity index (χ2v) is 6.97. The van der Waals surface area contributed by atoms with Gasteiger partial charge in [-0.1, -0.05) is 31.0 Å². The average Bonchev–Trinajstić information content (AvgIpc) is 2.79. The SMILES string of the molecule is CCCC(C)(N)C(=O)N1CCCN(C(=O)c2cccc(C)c2)CC1. The molecule has 24 heavy (non-hydrogen) atoms. The molecule has 0 bridgehead atoms. The monoisotopic (exact) mass is 331 g/mol. The highest BCUT2D eigenvalue weighted by atomic mass is 16.2. The molecule has 2 rings (SSSR count). The molecule has 5 heteroatoms. The summed E-state index contributed by atoms with van der Waals surface area (Å²) in [5.41, 5.74) is 7.16. The molecule has 0 aliphatic carbocycles. The van der Waals surface area contributed by atoms with E-state index in [0.29, 0.717) is 38.2 Å². The maximum Gasteiger partial charge on any atom is 0.253 e. The van der Waals surface area contributed by atoms with Crippen LogP contribution in [0.3, 0.4) is 0 Å². The Balaban J connectivity index is 2.02. The molecule has 132 valence electrons. The molecule has 5 nitrogen and oxygen atoms in total. The van der Waals surface area contributed by atoms with Crippen molar-refractivity contribution in [3.05, 3.63) is 35.4 Å². The van der Waals surface area contributed by atoms with Crippen LogP contribution in [0.25, 0.3) is 0 Å². The number of hydrogen-bond donors (Lipinski definition) is 1. The third-order valence-corrected chi connectivity index (χ3v) is 4.59. The van der Waals surface area contributed by atoms with Crippen molar-refractivity contribution in [2.24, 2.45) is 5.73 Å². The average molecular weight is 331 g/mol. The fourth-order valence-corrected chi connectivity index (χ4v) is 3.27. The summed E-state index contributed by atoms with van der Waals surface area (Å²) in [7, 11) is 0. The zero-order chi connectivity index (χ0) is 17.7. The summed E-state index contributed by atoms with van der Waals surface area (Å²) in [5, 5.41) is 0. The Morgan fingerprint density at radius 3 is 2.50 bits per heavy atom. The van der Waals surface area contributed by atoms with E-state index in [0.717, 1.165) is 18.4 Å². The van der Waals surface area contributed by atoms with Crippen molar-refractivity contribution in [3.63, 3.8) is 0 Å². The molecule has 1 heterocycles. The summed E-state index contributed by atoms with van der Waals surface area (Å²) in [6.45, 7) is 8.25. The third kappa shape index (κ3) is 4.35. The molecule has 0 radical (unpaired) electrons. The Bertz CT molecular complexity index is 598. The lowest BCUT2D eigenvalue weighted by molar-refractivity contribution is -0.136. The molecule has 0 spiro atoms. The van der Waals surface area contributed by atoms with E-state index in [-0.39, 0.29) is 11.8 Å². The van der Waals surface area contributed by atoms with Crippen molar-refractivity contribution in [2.75, 3.05) is 26.2 Å². The van der Waals surface area contributed by atoms with E-state index in [4.69, 9.17) is 5.73 Å². The quantitative estimate of drug-likeness (QED) is 0.919. The molecule has 0 saturated carbocycles. The van der Waals surface area contributed by atoms with Crippen LogP contribution >= 0.6 is 0 Å². The first-order valence-electron chi connectivity index (χ1n) is 8.79. The minimum absolute atomic E-state index is 0.00537. The van der Waals surface area contributed by atoms with Crippen molar-refractivity contribution in [1.82, 2.24) is 9.80 Å². The number of aryl methyl sites for hydroxylation is 1. The van der Waals surface area contributed by atoms with Gasteiger partial charge in [0.2, 0.25) is 5.91 Å². The van der Waals surface area contributed by atoms with Gasteiger partial charge in [0.25, 0.3) is 5.91 Å². The lowest BCUT2D eigenvalue weighted by Gasteiger charge is -2.31. The predicted octanol–water partition coefficient (Wildman–Crippen LogP) is 2.19. The number of carbonyl (C=O) groups is 2. The zero-order valence-electron chi connectivity index (χ0n) is 15.0. The first-order valence-corrected chi connectivity index (χ1v) is 8.79. The van der Waals surface area contributed by atoms with Crippen molar-refractivity contribution < 1.29 is 9.59 Å². The Kier molecular flexibility index (Phi) is 5.99. The number of carbonyl (C=O) groups excluding carboxylic acids is 2. The fourth-order valence-electron chi connectivity index (χ4n) is 3.27. The highest BCUT2D eigenvalue weighted by Gasteiger charge is 2.33. The van der Waals surface area contributed by atoms with E-state index in [9.17, 15) is 9.59 Å². The number of benzene rings is 1. The summed E-state index contributed by atoms with van der Waals surface area (Å²) in [6.07, 6.45) is 2.34. The summed E-state index contributed by atoms with van der Waals surface area (Å²) in [4.78, 5) is 29.0. The number of nitrogens with zero attached hydrogens (tertiary/aromatic N) is 2. The van der Waals surface area contributed by atoms with Crippen LogP contribution in [0.2, 0.25) is 0 Å². The van der Waals surface area contributed by atoms with Crippen LogP contribution in [0.15, 0.2) is 24.3 Å². The van der Waals surface area contributed by atoms with Crippen LogP contribution in [0.1, 0.15) is 49.0 Å². The van der Waals surface area contributed by atoms with E-state index in [1.54, 1.807) is 6.92 Å². The highest BCUT2D eigenvalue weighted by molar-refractivity contribution is 5.94. The molecular formula is C19H29N3O2. The van der Waals surface area contributed by atoms with Crippen LogP contribution in [-0.2, 0) is 4.79 Å². The molecule has 1 saturated heterocycles. The number of amides is 2. The van der Waals surface area contributed by atoms with Crippen molar-refractivity contribution >= 4 is 11.8 Å². The Morgan fingerprint density at radius 2 is 1.83 bits per heavy atom. The molecule has 0 aromatic heterocycles. The van der Waals surface area contributed by atoms with Crippen LogP contribution in [0.4, 0.5) is 0 Å². The maximum atomic E-state index is 12.7. The molecular weight excluding hydrogens is 302 g/mol. The highest BCUT2D eigenvalue weighted by Crippen LogP contribution is 2.16. The van der Waals surface area contributed by atoms with E-state index in [2.05, 4.69) is 0 Å². The summed E-state index contributed by atoms with van der Waals surface area (Å²) < 4.78 is 0. The van der Waals surface area contributed by atoms with Crippen LogP contribution in [0, 0.1) is 6.92 Å². The van der Waals surface area contributed by atoms with Crippen LogP contribution < -0.4 is 5.73 Å². The van der Waals surface area contributed by atoms with Gasteiger partial charge in [-0.15, -0.1) is 0 Å². The molecule has 1 aromatic rings. The van der Waals surface area contributed by atoms with Crippen LogP contribution in [0.5, 0.6) is 0 Å². The molecule has 2 amide bonds. The van der Waals surface area contributed by atoms with Gasteiger partial charge in [0, 0.05) is 31.7 Å². The van der Waals surface area contributed by atoms with Gasteiger partial charge >= 0.3 is 0 Å². The third-order valence-electron chi connectivity index (χ3n) is 4.59. The van der Waals surface area contributed by atoms with Gasteiger partial charge in [0.05, 0.1) is 5.54 Å².